The van der Waals surface area contributed by atoms with Crippen LogP contribution in [0.3, 0.4) is 0 Å². The molecule has 0 radical (unpaired) electrons. The molecule has 2 unspecified atom stereocenters. The summed E-state index contributed by atoms with van der Waals surface area (Å²) in [7, 11) is 0. The highest BCUT2D eigenvalue weighted by Crippen LogP contribution is 2.45. The van der Waals surface area contributed by atoms with E-state index in [9.17, 15) is 0 Å². The Morgan fingerprint density at radius 3 is 2.16 bits per heavy atom. The molecule has 2 atom stereocenters. The van der Waals surface area contributed by atoms with E-state index >= 15 is 0 Å². The molecular weight excluding hydrogens is 699 g/mol. The van der Waals surface area contributed by atoms with E-state index in [0.717, 1.165) is 100 Å². The Morgan fingerprint density at radius 1 is 0.544 bits per heavy atom. The molecule has 0 saturated heterocycles. The molecule has 1 aliphatic heterocycles. The van der Waals surface area contributed by atoms with E-state index in [4.69, 9.17) is 19.1 Å². The number of para-hydroxylation sites is 5. The molecular formula is C52H33N3O2. The highest BCUT2D eigenvalue weighted by Gasteiger charge is 2.33. The van der Waals surface area contributed by atoms with E-state index in [1.165, 1.54) is 5.56 Å². The molecule has 0 bridgehead atoms. The summed E-state index contributed by atoms with van der Waals surface area (Å²) < 4.78 is 15.2. The number of nitrogens with zero attached hydrogens (tertiary/aromatic N) is 3. The molecule has 4 heterocycles. The molecule has 0 fully saturated rings. The third-order valence-corrected chi connectivity index (χ3v) is 11.5. The quantitative estimate of drug-likeness (QED) is 0.177. The fraction of sp³-hybridized carbons (Fsp3) is 0.0385. The van der Waals surface area contributed by atoms with Crippen LogP contribution in [0.2, 0.25) is 0 Å². The number of furan rings is 1. The zero-order valence-corrected chi connectivity index (χ0v) is 30.7. The highest BCUT2D eigenvalue weighted by molar-refractivity contribution is 6.19. The number of hydrogen-bond donors (Lipinski definition) is 0. The molecule has 1 aliphatic carbocycles. The molecule has 0 saturated carbocycles. The van der Waals surface area contributed by atoms with E-state index < -0.39 is 0 Å². The van der Waals surface area contributed by atoms with Crippen molar-refractivity contribution >= 4 is 49.4 Å². The van der Waals surface area contributed by atoms with Crippen molar-refractivity contribution in [1.29, 1.82) is 0 Å². The van der Waals surface area contributed by atoms with Crippen molar-refractivity contribution in [3.63, 3.8) is 0 Å². The van der Waals surface area contributed by atoms with Crippen molar-refractivity contribution in [2.24, 2.45) is 0 Å². The molecule has 3 aromatic heterocycles. The van der Waals surface area contributed by atoms with Gasteiger partial charge in [0, 0.05) is 39.1 Å². The van der Waals surface area contributed by atoms with Gasteiger partial charge in [-0.25, -0.2) is 9.97 Å². The van der Waals surface area contributed by atoms with Gasteiger partial charge in [0.05, 0.1) is 27.6 Å². The van der Waals surface area contributed by atoms with Crippen molar-refractivity contribution in [1.82, 2.24) is 14.5 Å². The summed E-state index contributed by atoms with van der Waals surface area (Å²) in [5.41, 5.74) is 14.4. The van der Waals surface area contributed by atoms with Crippen LogP contribution in [0.5, 0.6) is 5.75 Å². The second kappa shape index (κ2) is 12.5. The van der Waals surface area contributed by atoms with Crippen molar-refractivity contribution in [3.05, 3.63) is 199 Å². The summed E-state index contributed by atoms with van der Waals surface area (Å²) in [5.74, 6) is 2.01. The van der Waals surface area contributed by atoms with Crippen molar-refractivity contribution < 1.29 is 9.15 Å². The largest absolute Gasteiger partial charge is 0.485 e. The molecule has 57 heavy (non-hydrogen) atoms. The zero-order chi connectivity index (χ0) is 37.5. The van der Waals surface area contributed by atoms with Gasteiger partial charge in [0.25, 0.3) is 0 Å². The Kier molecular flexibility index (Phi) is 6.99. The fourth-order valence-corrected chi connectivity index (χ4v) is 8.83. The first-order valence-electron chi connectivity index (χ1n) is 19.4. The minimum Gasteiger partial charge on any atom is -0.485 e. The van der Waals surface area contributed by atoms with Gasteiger partial charge in [0.2, 0.25) is 0 Å². The normalized spacial score (nSPS) is 15.9. The Labute approximate surface area is 328 Å². The number of hydrogen-bond acceptors (Lipinski definition) is 4. The Bertz CT molecular complexity index is 3280. The summed E-state index contributed by atoms with van der Waals surface area (Å²) in [6.45, 7) is 0. The van der Waals surface area contributed by atoms with Gasteiger partial charge in [-0.1, -0.05) is 115 Å². The van der Waals surface area contributed by atoms with Crippen LogP contribution in [0.4, 0.5) is 0 Å². The van der Waals surface area contributed by atoms with Gasteiger partial charge >= 0.3 is 0 Å². The molecule has 0 N–H and O–H groups in total. The van der Waals surface area contributed by atoms with Crippen LogP contribution in [0.25, 0.3) is 88.9 Å². The molecule has 5 nitrogen and oxygen atoms in total. The van der Waals surface area contributed by atoms with Gasteiger partial charge < -0.3 is 9.15 Å². The van der Waals surface area contributed by atoms with Gasteiger partial charge in [0.1, 0.15) is 28.8 Å². The summed E-state index contributed by atoms with van der Waals surface area (Å²) >= 11 is 0. The van der Waals surface area contributed by atoms with E-state index in [2.05, 4.69) is 150 Å². The fourth-order valence-electron chi connectivity index (χ4n) is 8.83. The first-order chi connectivity index (χ1) is 28.2. The predicted molar refractivity (Wildman–Crippen MR) is 231 cm³/mol. The average Bonchev–Trinajstić information content (AvgIpc) is 3.98. The Morgan fingerprint density at radius 2 is 1.26 bits per heavy atom. The van der Waals surface area contributed by atoms with Crippen LogP contribution in [-0.2, 0) is 0 Å². The van der Waals surface area contributed by atoms with Gasteiger partial charge in [-0.2, -0.15) is 0 Å². The minimum atomic E-state index is -0.0135. The van der Waals surface area contributed by atoms with Crippen LogP contribution in [0, 0.1) is 0 Å². The SMILES string of the molecule is C1=CC2Oc3ccccc3C2C=C1c1cc(-c2ccc(-n3c(-c4ccccc4)nc4ccccc43)cc2)cc(-c2nc3ccccc3c3oc4ccccc4c23)c1. The number of benzene rings is 7. The minimum absolute atomic E-state index is 0.0135. The monoisotopic (exact) mass is 731 g/mol. The van der Waals surface area contributed by atoms with Crippen LogP contribution in [0.15, 0.2) is 193 Å². The lowest BCUT2D eigenvalue weighted by Crippen LogP contribution is -2.17. The Balaban J connectivity index is 1.06. The lowest BCUT2D eigenvalue weighted by atomic mass is 9.85. The Hall–Kier alpha value is -7.50. The molecule has 0 spiro atoms. The lowest BCUT2D eigenvalue weighted by molar-refractivity contribution is 0.269. The van der Waals surface area contributed by atoms with E-state index in [1.807, 2.05) is 42.5 Å². The van der Waals surface area contributed by atoms with Crippen molar-refractivity contribution in [2.45, 2.75) is 12.0 Å². The first-order valence-corrected chi connectivity index (χ1v) is 19.4. The van der Waals surface area contributed by atoms with Crippen molar-refractivity contribution in [3.8, 4) is 45.2 Å². The maximum atomic E-state index is 6.61. The molecule has 7 aromatic carbocycles. The van der Waals surface area contributed by atoms with Crippen LogP contribution < -0.4 is 4.74 Å². The lowest BCUT2D eigenvalue weighted by Gasteiger charge is -2.20. The summed E-state index contributed by atoms with van der Waals surface area (Å²) in [4.78, 5) is 10.5. The highest BCUT2D eigenvalue weighted by atomic mass is 16.5. The summed E-state index contributed by atoms with van der Waals surface area (Å²) in [5, 5.41) is 3.08. The van der Waals surface area contributed by atoms with Crippen molar-refractivity contribution in [2.75, 3.05) is 0 Å². The molecule has 2 aliphatic rings. The molecule has 10 aromatic rings. The van der Waals surface area contributed by atoms with Gasteiger partial charge in [-0.3, -0.25) is 4.57 Å². The van der Waals surface area contributed by atoms with Crippen LogP contribution in [-0.4, -0.2) is 20.6 Å². The van der Waals surface area contributed by atoms with Gasteiger partial charge in [0.15, 0.2) is 0 Å². The summed E-state index contributed by atoms with van der Waals surface area (Å²) in [6.07, 6.45) is 6.77. The number of allylic oxidation sites excluding steroid dienone is 2. The second-order valence-electron chi connectivity index (χ2n) is 14.9. The molecule has 0 amide bonds. The topological polar surface area (TPSA) is 53.1 Å². The number of ether oxygens (including phenoxy) is 1. The molecule has 5 heteroatoms. The third kappa shape index (κ3) is 5.09. The van der Waals surface area contributed by atoms with Crippen LogP contribution >= 0.6 is 0 Å². The van der Waals surface area contributed by atoms with E-state index in [1.54, 1.807) is 0 Å². The second-order valence-corrected chi connectivity index (χ2v) is 14.9. The molecule has 268 valence electrons. The predicted octanol–water partition coefficient (Wildman–Crippen LogP) is 13.0. The first kappa shape index (κ1) is 31.8. The maximum Gasteiger partial charge on any atom is 0.147 e. The number of rotatable bonds is 5. The van der Waals surface area contributed by atoms with E-state index in [-0.39, 0.29) is 12.0 Å². The zero-order valence-electron chi connectivity index (χ0n) is 30.7. The molecule has 12 rings (SSSR count). The summed E-state index contributed by atoms with van der Waals surface area (Å²) in [6, 6.07) is 59.4. The smallest absolute Gasteiger partial charge is 0.147 e. The number of imidazole rings is 1. The average molecular weight is 732 g/mol. The van der Waals surface area contributed by atoms with E-state index in [0.29, 0.717) is 0 Å². The maximum absolute atomic E-state index is 6.61. The number of aromatic nitrogens is 3. The number of fused-ring (bicyclic) bond motifs is 9. The number of pyridine rings is 1. The van der Waals surface area contributed by atoms with Crippen LogP contribution in [0.1, 0.15) is 17.0 Å². The third-order valence-electron chi connectivity index (χ3n) is 11.5. The standard InChI is InChI=1S/C52H33N3O2/c1-2-12-33(13-3-1)52-54-44-18-8-9-19-45(44)55(52)38-25-22-32(23-26-38)35-28-36(34-24-27-48-42(31-34)39-14-5-10-20-46(39)56-48)30-37(29-35)50-49-41-16-6-11-21-47(41)57-51(49)40-15-4-7-17-43(40)53-50/h1-31,42,48H. The van der Waals surface area contributed by atoms with Gasteiger partial charge in [-0.05, 0) is 95.1 Å². The van der Waals surface area contributed by atoms with Gasteiger partial charge in [-0.15, -0.1) is 0 Å².